The highest BCUT2D eigenvalue weighted by molar-refractivity contribution is 7.90. The summed E-state index contributed by atoms with van der Waals surface area (Å²) in [6.45, 7) is 0.697. The van der Waals surface area contributed by atoms with Crippen LogP contribution in [-0.4, -0.2) is 101 Å². The average molecular weight is 486 g/mol. The van der Waals surface area contributed by atoms with Gasteiger partial charge in [-0.25, -0.2) is 21.6 Å². The third-order valence-electron chi connectivity index (χ3n) is 7.15. The Balaban J connectivity index is 1.87. The number of amides is 2. The lowest BCUT2D eigenvalue weighted by Crippen LogP contribution is -2.56. The van der Waals surface area contributed by atoms with Gasteiger partial charge in [0.2, 0.25) is 0 Å². The molecule has 1 aliphatic heterocycles. The number of carbonyl (C=O) groups excluding carboxylic acids is 1. The molecule has 2 fully saturated rings. The molecule has 1 heterocycles. The van der Waals surface area contributed by atoms with Crippen molar-refractivity contribution in [3.8, 4) is 0 Å². The lowest BCUT2D eigenvalue weighted by atomic mass is 9.68. The molecule has 180 valence electrons. The summed E-state index contributed by atoms with van der Waals surface area (Å²) in [6, 6.07) is 10.1. The van der Waals surface area contributed by atoms with Crippen molar-refractivity contribution in [3.05, 3.63) is 35.9 Å². The van der Waals surface area contributed by atoms with E-state index < -0.39 is 25.2 Å². The predicted octanol–water partition coefficient (Wildman–Crippen LogP) is 1.58. The number of urea groups is 1. The highest BCUT2D eigenvalue weighted by Crippen LogP contribution is 2.48. The van der Waals surface area contributed by atoms with Crippen molar-refractivity contribution in [2.75, 3.05) is 57.7 Å². The van der Waals surface area contributed by atoms with Crippen molar-refractivity contribution in [1.82, 2.24) is 14.7 Å². The fourth-order valence-corrected chi connectivity index (χ4v) is 6.29. The molecule has 0 bridgehead atoms. The van der Waals surface area contributed by atoms with Crippen molar-refractivity contribution in [1.29, 1.82) is 0 Å². The molecule has 0 atom stereocenters. The molecule has 1 saturated carbocycles. The average Bonchev–Trinajstić information content (AvgIpc) is 2.96. The van der Waals surface area contributed by atoms with Crippen molar-refractivity contribution in [2.24, 2.45) is 0 Å². The third kappa shape index (κ3) is 5.28. The zero-order valence-electron chi connectivity index (χ0n) is 19.5. The molecule has 0 aromatic heterocycles. The first-order valence-corrected chi connectivity index (χ1v) is 15.1. The topological polar surface area (TPSA) is 95.1 Å². The van der Waals surface area contributed by atoms with Crippen LogP contribution in [0.1, 0.15) is 31.2 Å². The van der Waals surface area contributed by atoms with E-state index in [4.69, 9.17) is 0 Å². The molecule has 32 heavy (non-hydrogen) atoms. The number of sulfone groups is 2. The summed E-state index contributed by atoms with van der Waals surface area (Å²) < 4.78 is 47.1. The Morgan fingerprint density at radius 3 is 1.91 bits per heavy atom. The normalized spacial score (nSPS) is 27.0. The summed E-state index contributed by atoms with van der Waals surface area (Å²) in [7, 11) is -2.30. The second kappa shape index (κ2) is 8.95. The largest absolute Gasteiger partial charge is 0.321 e. The highest BCUT2D eigenvalue weighted by Gasteiger charge is 2.54. The van der Waals surface area contributed by atoms with Crippen LogP contribution >= 0.6 is 0 Å². The predicted molar refractivity (Wildman–Crippen MR) is 126 cm³/mol. The smallest absolute Gasteiger partial charge is 0.320 e. The van der Waals surface area contributed by atoms with Gasteiger partial charge < -0.3 is 9.80 Å². The molecule has 0 unspecified atom stereocenters. The number of benzene rings is 1. The number of nitrogens with zero attached hydrogens (tertiary/aromatic N) is 3. The molecule has 1 saturated heterocycles. The maximum Gasteiger partial charge on any atom is 0.320 e. The minimum Gasteiger partial charge on any atom is -0.321 e. The van der Waals surface area contributed by atoms with Crippen molar-refractivity contribution in [2.45, 2.75) is 36.8 Å². The van der Waals surface area contributed by atoms with Crippen LogP contribution in [0.15, 0.2) is 30.3 Å². The van der Waals surface area contributed by atoms with Crippen LogP contribution < -0.4 is 0 Å². The molecule has 1 spiro atoms. The first-order chi connectivity index (χ1) is 14.8. The molecule has 1 aliphatic carbocycles. The van der Waals surface area contributed by atoms with Crippen molar-refractivity contribution in [3.63, 3.8) is 0 Å². The maximum atomic E-state index is 13.2. The minimum absolute atomic E-state index is 0.0968. The van der Waals surface area contributed by atoms with E-state index in [-0.39, 0.29) is 36.2 Å². The Labute approximate surface area is 192 Å². The Morgan fingerprint density at radius 1 is 0.875 bits per heavy atom. The first-order valence-electron chi connectivity index (χ1n) is 10.9. The lowest BCUT2D eigenvalue weighted by Gasteiger charge is -2.51. The van der Waals surface area contributed by atoms with Gasteiger partial charge in [0.25, 0.3) is 0 Å². The standard InChI is InChI=1S/C22H35N3O5S2/c1-23(2)22(19-8-6-5-7-9-19)12-10-21(11-13-22)18-24(14-16-31(3,27)28)20(26)25(21)15-17-32(4,29)30/h5-9H,10-18H2,1-4H3/t21-,22+. The van der Waals surface area contributed by atoms with Crippen LogP contribution in [0.25, 0.3) is 0 Å². The van der Waals surface area contributed by atoms with Gasteiger partial charge in [0.05, 0.1) is 17.0 Å². The van der Waals surface area contributed by atoms with Gasteiger partial charge in [-0.05, 0) is 45.3 Å². The Hall–Kier alpha value is -1.65. The van der Waals surface area contributed by atoms with Gasteiger partial charge in [-0.2, -0.15) is 0 Å². The van der Waals surface area contributed by atoms with Crippen LogP contribution in [0.5, 0.6) is 0 Å². The van der Waals surface area contributed by atoms with Gasteiger partial charge in [-0.3, -0.25) is 4.90 Å². The van der Waals surface area contributed by atoms with E-state index in [1.807, 2.05) is 18.2 Å². The van der Waals surface area contributed by atoms with E-state index in [0.29, 0.717) is 6.54 Å². The summed E-state index contributed by atoms with van der Waals surface area (Å²) in [5, 5.41) is 0. The Kier molecular flexibility index (Phi) is 6.98. The van der Waals surface area contributed by atoms with Crippen LogP contribution in [0.3, 0.4) is 0 Å². The summed E-state index contributed by atoms with van der Waals surface area (Å²) in [5.74, 6) is -0.196. The third-order valence-corrected chi connectivity index (χ3v) is 9.00. The van der Waals surface area contributed by atoms with Crippen LogP contribution in [0.2, 0.25) is 0 Å². The van der Waals surface area contributed by atoms with Gasteiger partial charge >= 0.3 is 6.03 Å². The molecule has 10 heteroatoms. The van der Waals surface area contributed by atoms with Gasteiger partial charge in [0.15, 0.2) is 0 Å². The molecule has 2 amide bonds. The number of hydrogen-bond donors (Lipinski definition) is 0. The Bertz CT molecular complexity index is 1030. The zero-order valence-corrected chi connectivity index (χ0v) is 21.1. The maximum absolute atomic E-state index is 13.2. The molecule has 2 aliphatic rings. The van der Waals surface area contributed by atoms with Crippen LogP contribution in [0, 0.1) is 0 Å². The van der Waals surface area contributed by atoms with Crippen molar-refractivity contribution >= 4 is 25.7 Å². The molecule has 0 N–H and O–H groups in total. The SMILES string of the molecule is CN(C)[C@]1(c2ccccc2)CC[C@]2(CC1)CN(CCS(C)(=O)=O)C(=O)N2CCS(C)(=O)=O. The zero-order chi connectivity index (χ0) is 23.8. The molecular formula is C22H35N3O5S2. The van der Waals surface area contributed by atoms with Gasteiger partial charge in [0, 0.05) is 37.7 Å². The summed E-state index contributed by atoms with van der Waals surface area (Å²) in [6.07, 6.45) is 5.45. The lowest BCUT2D eigenvalue weighted by molar-refractivity contribution is 0.0265. The second-order valence-electron chi connectivity index (χ2n) is 9.63. The van der Waals surface area contributed by atoms with E-state index in [0.717, 1.165) is 31.9 Å². The second-order valence-corrected chi connectivity index (χ2v) is 14.2. The molecule has 0 radical (unpaired) electrons. The molecular weight excluding hydrogens is 450 g/mol. The fraction of sp³-hybridized carbons (Fsp3) is 0.682. The number of carbonyl (C=O) groups is 1. The van der Waals surface area contributed by atoms with E-state index in [1.165, 1.54) is 11.8 Å². The summed E-state index contributed by atoms with van der Waals surface area (Å²) in [5.41, 5.74) is 0.604. The summed E-state index contributed by atoms with van der Waals surface area (Å²) >= 11 is 0. The molecule has 3 rings (SSSR count). The van der Waals surface area contributed by atoms with Gasteiger partial charge in [-0.1, -0.05) is 30.3 Å². The number of hydrogen-bond acceptors (Lipinski definition) is 6. The Morgan fingerprint density at radius 2 is 1.41 bits per heavy atom. The van der Waals surface area contributed by atoms with E-state index in [9.17, 15) is 21.6 Å². The minimum atomic E-state index is -3.24. The fourth-order valence-electron chi connectivity index (χ4n) is 5.22. The summed E-state index contributed by atoms with van der Waals surface area (Å²) in [4.78, 5) is 18.8. The van der Waals surface area contributed by atoms with E-state index in [1.54, 1.807) is 9.80 Å². The van der Waals surface area contributed by atoms with E-state index in [2.05, 4.69) is 31.1 Å². The quantitative estimate of drug-likeness (QED) is 0.555. The highest BCUT2D eigenvalue weighted by atomic mass is 32.2. The molecule has 8 nitrogen and oxygen atoms in total. The molecule has 1 aromatic rings. The van der Waals surface area contributed by atoms with E-state index >= 15 is 0 Å². The van der Waals surface area contributed by atoms with Crippen LogP contribution in [-0.2, 0) is 25.2 Å². The molecule has 1 aromatic carbocycles. The monoisotopic (exact) mass is 485 g/mol. The van der Waals surface area contributed by atoms with Gasteiger partial charge in [0.1, 0.15) is 19.7 Å². The first kappa shape index (κ1) is 25.0. The van der Waals surface area contributed by atoms with Crippen LogP contribution in [0.4, 0.5) is 4.79 Å². The van der Waals surface area contributed by atoms with Gasteiger partial charge in [-0.15, -0.1) is 0 Å². The number of rotatable bonds is 8. The van der Waals surface area contributed by atoms with Crippen molar-refractivity contribution < 1.29 is 21.6 Å².